The number of pyridine rings is 1. The highest BCUT2D eigenvalue weighted by Crippen LogP contribution is 2.28. The number of benzene rings is 1. The third-order valence-electron chi connectivity index (χ3n) is 5.67. The normalized spacial score (nSPS) is 15.8. The Bertz CT molecular complexity index is 912. The smallest absolute Gasteiger partial charge is 0.126 e. The van der Waals surface area contributed by atoms with Crippen molar-refractivity contribution in [2.45, 2.75) is 45.2 Å². The van der Waals surface area contributed by atoms with Gasteiger partial charge in [0.2, 0.25) is 0 Å². The third kappa shape index (κ3) is 4.30. The van der Waals surface area contributed by atoms with E-state index in [2.05, 4.69) is 33.5 Å². The number of imidazole rings is 1. The Labute approximate surface area is 166 Å². The SMILES string of the molecule is CCn1ccnc1CN1CCC(c2cccc(Cc3ccccc3F)n2)CC1. The van der Waals surface area contributed by atoms with Gasteiger partial charge in [-0.25, -0.2) is 9.37 Å². The monoisotopic (exact) mass is 378 g/mol. The molecule has 0 N–H and O–H groups in total. The van der Waals surface area contributed by atoms with Crippen molar-refractivity contribution in [1.29, 1.82) is 0 Å². The zero-order valence-electron chi connectivity index (χ0n) is 16.4. The second-order valence-corrected chi connectivity index (χ2v) is 7.50. The maximum Gasteiger partial charge on any atom is 0.126 e. The Morgan fingerprint density at radius 3 is 2.68 bits per heavy atom. The molecule has 0 atom stereocenters. The lowest BCUT2D eigenvalue weighted by atomic mass is 9.92. The van der Waals surface area contributed by atoms with Crippen LogP contribution < -0.4 is 0 Å². The van der Waals surface area contributed by atoms with Crippen LogP contribution in [0.15, 0.2) is 54.9 Å². The zero-order valence-corrected chi connectivity index (χ0v) is 16.4. The molecule has 28 heavy (non-hydrogen) atoms. The summed E-state index contributed by atoms with van der Waals surface area (Å²) in [5.41, 5.74) is 2.78. The number of aromatic nitrogens is 3. The number of halogens is 1. The van der Waals surface area contributed by atoms with Crippen molar-refractivity contribution in [3.63, 3.8) is 0 Å². The highest BCUT2D eigenvalue weighted by atomic mass is 19.1. The summed E-state index contributed by atoms with van der Waals surface area (Å²) in [5.74, 6) is 1.46. The Morgan fingerprint density at radius 1 is 1.07 bits per heavy atom. The Morgan fingerprint density at radius 2 is 1.89 bits per heavy atom. The van der Waals surface area contributed by atoms with Crippen LogP contribution >= 0.6 is 0 Å². The van der Waals surface area contributed by atoms with Gasteiger partial charge in [-0.05, 0) is 56.6 Å². The average molecular weight is 378 g/mol. The molecule has 4 nitrogen and oxygen atoms in total. The van der Waals surface area contributed by atoms with E-state index in [4.69, 9.17) is 4.98 Å². The van der Waals surface area contributed by atoms with Crippen molar-refractivity contribution >= 4 is 0 Å². The van der Waals surface area contributed by atoms with Gasteiger partial charge in [-0.2, -0.15) is 0 Å². The highest BCUT2D eigenvalue weighted by Gasteiger charge is 2.22. The van der Waals surface area contributed by atoms with Crippen LogP contribution in [-0.2, 0) is 19.5 Å². The van der Waals surface area contributed by atoms with Crippen molar-refractivity contribution < 1.29 is 4.39 Å². The molecule has 0 saturated carbocycles. The van der Waals surface area contributed by atoms with Crippen LogP contribution in [0.25, 0.3) is 0 Å². The number of likely N-dealkylation sites (tertiary alicyclic amines) is 1. The third-order valence-corrected chi connectivity index (χ3v) is 5.67. The van der Waals surface area contributed by atoms with E-state index >= 15 is 0 Å². The Hall–Kier alpha value is -2.53. The number of aryl methyl sites for hydroxylation is 1. The van der Waals surface area contributed by atoms with Crippen LogP contribution in [0.3, 0.4) is 0 Å². The minimum Gasteiger partial charge on any atom is -0.334 e. The lowest BCUT2D eigenvalue weighted by molar-refractivity contribution is 0.196. The van der Waals surface area contributed by atoms with Crippen LogP contribution in [0, 0.1) is 5.82 Å². The average Bonchev–Trinajstić information content (AvgIpc) is 3.18. The fourth-order valence-electron chi connectivity index (χ4n) is 4.03. The first-order valence-electron chi connectivity index (χ1n) is 10.1. The zero-order chi connectivity index (χ0) is 19.3. The van der Waals surface area contributed by atoms with Crippen molar-refractivity contribution in [2.24, 2.45) is 0 Å². The molecule has 1 fully saturated rings. The summed E-state index contributed by atoms with van der Waals surface area (Å²) in [7, 11) is 0. The molecule has 1 aliphatic rings. The van der Waals surface area contributed by atoms with Gasteiger partial charge in [0.15, 0.2) is 0 Å². The maximum absolute atomic E-state index is 13.9. The minimum absolute atomic E-state index is 0.159. The van der Waals surface area contributed by atoms with Gasteiger partial charge in [-0.1, -0.05) is 24.3 Å². The lowest BCUT2D eigenvalue weighted by Crippen LogP contribution is -2.33. The fraction of sp³-hybridized carbons (Fsp3) is 0.391. The van der Waals surface area contributed by atoms with Crippen LogP contribution in [0.1, 0.15) is 48.5 Å². The lowest BCUT2D eigenvalue weighted by Gasteiger charge is -2.31. The second-order valence-electron chi connectivity index (χ2n) is 7.50. The molecular weight excluding hydrogens is 351 g/mol. The largest absolute Gasteiger partial charge is 0.334 e. The van der Waals surface area contributed by atoms with Crippen molar-refractivity contribution in [2.75, 3.05) is 13.1 Å². The van der Waals surface area contributed by atoms with Gasteiger partial charge in [0, 0.05) is 42.7 Å². The molecular formula is C23H27FN4. The molecule has 0 spiro atoms. The molecule has 4 rings (SSSR count). The summed E-state index contributed by atoms with van der Waals surface area (Å²) in [5, 5.41) is 0. The van der Waals surface area contributed by atoms with Crippen molar-refractivity contribution in [1.82, 2.24) is 19.4 Å². The van der Waals surface area contributed by atoms with E-state index in [0.717, 1.165) is 56.2 Å². The number of hydrogen-bond acceptors (Lipinski definition) is 3. The van der Waals surface area contributed by atoms with E-state index in [1.54, 1.807) is 6.07 Å². The first-order chi connectivity index (χ1) is 13.7. The molecule has 5 heteroatoms. The van der Waals surface area contributed by atoms with Gasteiger partial charge in [0.05, 0.1) is 6.54 Å². The van der Waals surface area contributed by atoms with E-state index in [1.165, 1.54) is 6.07 Å². The summed E-state index contributed by atoms with van der Waals surface area (Å²) in [6, 6.07) is 13.1. The molecule has 2 aromatic heterocycles. The van der Waals surface area contributed by atoms with Crippen molar-refractivity contribution in [3.05, 3.63) is 83.5 Å². The van der Waals surface area contributed by atoms with E-state index in [9.17, 15) is 4.39 Å². The van der Waals surface area contributed by atoms with E-state index in [0.29, 0.717) is 17.9 Å². The second kappa shape index (κ2) is 8.65. The molecule has 0 radical (unpaired) electrons. The number of nitrogens with zero attached hydrogens (tertiary/aromatic N) is 4. The van der Waals surface area contributed by atoms with Crippen LogP contribution in [0.5, 0.6) is 0 Å². The first-order valence-corrected chi connectivity index (χ1v) is 10.1. The predicted molar refractivity (Wildman–Crippen MR) is 109 cm³/mol. The van der Waals surface area contributed by atoms with Crippen LogP contribution in [0.4, 0.5) is 4.39 Å². The molecule has 1 aliphatic heterocycles. The molecule has 0 unspecified atom stereocenters. The van der Waals surface area contributed by atoms with E-state index < -0.39 is 0 Å². The number of hydrogen-bond donors (Lipinski definition) is 0. The fourth-order valence-corrected chi connectivity index (χ4v) is 4.03. The van der Waals surface area contributed by atoms with E-state index in [-0.39, 0.29) is 5.82 Å². The summed E-state index contributed by atoms with van der Waals surface area (Å²) in [4.78, 5) is 11.8. The van der Waals surface area contributed by atoms with Crippen LogP contribution in [-0.4, -0.2) is 32.5 Å². The van der Waals surface area contributed by atoms with Gasteiger partial charge in [-0.3, -0.25) is 9.88 Å². The summed E-state index contributed by atoms with van der Waals surface area (Å²) in [6.45, 7) is 6.14. The minimum atomic E-state index is -0.159. The van der Waals surface area contributed by atoms with Gasteiger partial charge in [0.1, 0.15) is 11.6 Å². The Balaban J connectivity index is 1.37. The van der Waals surface area contributed by atoms with Gasteiger partial charge < -0.3 is 4.57 Å². The summed E-state index contributed by atoms with van der Waals surface area (Å²) in [6.07, 6.45) is 6.68. The highest BCUT2D eigenvalue weighted by molar-refractivity contribution is 5.25. The molecule has 146 valence electrons. The molecule has 0 aliphatic carbocycles. The summed E-state index contributed by atoms with van der Waals surface area (Å²) < 4.78 is 16.2. The van der Waals surface area contributed by atoms with Gasteiger partial charge in [0.25, 0.3) is 0 Å². The molecule has 1 saturated heterocycles. The standard InChI is InChI=1S/C23H27FN4/c1-2-28-15-12-25-23(28)17-27-13-10-18(11-14-27)22-9-5-7-20(26-22)16-19-6-3-4-8-21(19)24/h3-9,12,15,18H,2,10-11,13-14,16-17H2,1H3. The molecule has 3 heterocycles. The topological polar surface area (TPSA) is 34.0 Å². The summed E-state index contributed by atoms with van der Waals surface area (Å²) >= 11 is 0. The van der Waals surface area contributed by atoms with Crippen molar-refractivity contribution in [3.8, 4) is 0 Å². The Kier molecular flexibility index (Phi) is 5.81. The quantitative estimate of drug-likeness (QED) is 0.637. The molecule has 3 aromatic rings. The van der Waals surface area contributed by atoms with E-state index in [1.807, 2.05) is 30.6 Å². The molecule has 0 amide bonds. The molecule has 0 bridgehead atoms. The molecule has 1 aromatic carbocycles. The maximum atomic E-state index is 13.9. The van der Waals surface area contributed by atoms with Gasteiger partial charge in [-0.15, -0.1) is 0 Å². The van der Waals surface area contributed by atoms with Gasteiger partial charge >= 0.3 is 0 Å². The van der Waals surface area contributed by atoms with Crippen LogP contribution in [0.2, 0.25) is 0 Å². The first kappa shape index (κ1) is 18.8. The number of piperidine rings is 1. The predicted octanol–water partition coefficient (Wildman–Crippen LogP) is 4.41. The number of rotatable bonds is 6.